The van der Waals surface area contributed by atoms with Crippen molar-refractivity contribution in [2.24, 2.45) is 5.14 Å². The van der Waals surface area contributed by atoms with Gasteiger partial charge in [0.15, 0.2) is 5.13 Å². The molecule has 4 N–H and O–H groups in total. The summed E-state index contributed by atoms with van der Waals surface area (Å²) in [6.07, 6.45) is 0. The third kappa shape index (κ3) is 4.66. The van der Waals surface area contributed by atoms with E-state index >= 15 is 0 Å². The molecule has 0 aliphatic rings. The number of thiazole rings is 1. The van der Waals surface area contributed by atoms with Crippen LogP contribution in [0.15, 0.2) is 64.9 Å². The molecule has 0 bridgehead atoms. The van der Waals surface area contributed by atoms with Crippen LogP contribution in [-0.4, -0.2) is 19.3 Å². The number of hydrogen-bond donors (Lipinski definition) is 3. The van der Waals surface area contributed by atoms with Gasteiger partial charge in [-0.15, -0.1) is 11.3 Å². The smallest absolute Gasteiger partial charge is 0.271 e. The summed E-state index contributed by atoms with van der Waals surface area (Å²) in [6, 6.07) is 15.6. The van der Waals surface area contributed by atoms with E-state index in [-0.39, 0.29) is 17.3 Å². The van der Waals surface area contributed by atoms with E-state index in [1.54, 1.807) is 17.5 Å². The number of hydrogen-bond acceptors (Lipinski definition) is 6. The minimum Gasteiger partial charge on any atom is -0.347 e. The molecule has 1 heterocycles. The van der Waals surface area contributed by atoms with Gasteiger partial charge < -0.3 is 10.6 Å². The van der Waals surface area contributed by atoms with E-state index in [1.165, 1.54) is 23.5 Å². The van der Waals surface area contributed by atoms with Crippen molar-refractivity contribution >= 4 is 38.1 Å². The standard InChI is InChI=1S/C17H16N4O3S2/c18-26(23,24)14-8-6-12(7-9-14)10-19-16(22)15-11-25-17(21-15)20-13-4-2-1-3-5-13/h1-9,11H,10H2,(H,19,22)(H,20,21)(H2,18,23,24). The molecule has 2 aromatic carbocycles. The predicted octanol–water partition coefficient (Wildman–Crippen LogP) is 2.46. The first kappa shape index (κ1) is 18.1. The second-order valence-electron chi connectivity index (χ2n) is 5.40. The molecule has 0 atom stereocenters. The number of amides is 1. The Morgan fingerprint density at radius 2 is 1.77 bits per heavy atom. The van der Waals surface area contributed by atoms with Crippen molar-refractivity contribution in [1.29, 1.82) is 0 Å². The topological polar surface area (TPSA) is 114 Å². The normalized spacial score (nSPS) is 11.1. The number of sulfonamides is 1. The van der Waals surface area contributed by atoms with Gasteiger partial charge in [-0.05, 0) is 29.8 Å². The van der Waals surface area contributed by atoms with Crippen molar-refractivity contribution in [2.45, 2.75) is 11.4 Å². The van der Waals surface area contributed by atoms with E-state index in [9.17, 15) is 13.2 Å². The molecule has 3 rings (SSSR count). The maximum atomic E-state index is 12.2. The summed E-state index contributed by atoms with van der Waals surface area (Å²) in [5, 5.41) is 13.2. The minimum atomic E-state index is -3.72. The zero-order chi connectivity index (χ0) is 18.6. The number of nitrogens with one attached hydrogen (secondary N) is 2. The van der Waals surface area contributed by atoms with Crippen LogP contribution in [-0.2, 0) is 16.6 Å². The van der Waals surface area contributed by atoms with Crippen LogP contribution in [0.2, 0.25) is 0 Å². The molecule has 0 spiro atoms. The fourth-order valence-electron chi connectivity index (χ4n) is 2.15. The van der Waals surface area contributed by atoms with Crippen LogP contribution in [0.1, 0.15) is 16.1 Å². The Balaban J connectivity index is 1.58. The van der Waals surface area contributed by atoms with E-state index in [0.717, 1.165) is 11.3 Å². The molecule has 134 valence electrons. The molecule has 0 aliphatic heterocycles. The molecule has 9 heteroatoms. The van der Waals surface area contributed by atoms with Crippen molar-refractivity contribution in [1.82, 2.24) is 10.3 Å². The summed E-state index contributed by atoms with van der Waals surface area (Å²) in [6.45, 7) is 0.253. The monoisotopic (exact) mass is 388 g/mol. The molecule has 0 saturated carbocycles. The molecule has 3 aromatic rings. The van der Waals surface area contributed by atoms with Crippen LogP contribution >= 0.6 is 11.3 Å². The van der Waals surface area contributed by atoms with Gasteiger partial charge in [-0.25, -0.2) is 18.5 Å². The lowest BCUT2D eigenvalue weighted by molar-refractivity contribution is 0.0946. The highest BCUT2D eigenvalue weighted by molar-refractivity contribution is 7.89. The van der Waals surface area contributed by atoms with Crippen LogP contribution in [0, 0.1) is 0 Å². The number of aromatic nitrogens is 1. The van der Waals surface area contributed by atoms with Crippen LogP contribution in [0.3, 0.4) is 0 Å². The first-order valence-corrected chi connectivity index (χ1v) is 10.0. The zero-order valence-corrected chi connectivity index (χ0v) is 15.2. The first-order chi connectivity index (χ1) is 12.4. The lowest BCUT2D eigenvalue weighted by atomic mass is 10.2. The number of para-hydroxylation sites is 1. The Hall–Kier alpha value is -2.75. The van der Waals surface area contributed by atoms with Crippen molar-refractivity contribution in [3.8, 4) is 0 Å². The molecular formula is C17H16N4O3S2. The summed E-state index contributed by atoms with van der Waals surface area (Å²) < 4.78 is 22.4. The molecule has 1 aromatic heterocycles. The summed E-state index contributed by atoms with van der Waals surface area (Å²) in [7, 11) is -3.72. The second kappa shape index (κ2) is 7.65. The zero-order valence-electron chi connectivity index (χ0n) is 13.5. The molecular weight excluding hydrogens is 372 g/mol. The van der Waals surface area contributed by atoms with E-state index in [1.807, 2.05) is 30.3 Å². The molecule has 0 unspecified atom stereocenters. The fourth-order valence-corrected chi connectivity index (χ4v) is 3.38. The Morgan fingerprint density at radius 3 is 2.42 bits per heavy atom. The summed E-state index contributed by atoms with van der Waals surface area (Å²) >= 11 is 1.34. The molecule has 0 fully saturated rings. The minimum absolute atomic E-state index is 0.0312. The van der Waals surface area contributed by atoms with Gasteiger partial charge in [-0.2, -0.15) is 0 Å². The van der Waals surface area contributed by atoms with Crippen LogP contribution in [0.25, 0.3) is 0 Å². The number of carbonyl (C=O) groups is 1. The fraction of sp³-hybridized carbons (Fsp3) is 0.0588. The van der Waals surface area contributed by atoms with Gasteiger partial charge in [0, 0.05) is 17.6 Å². The highest BCUT2D eigenvalue weighted by Crippen LogP contribution is 2.20. The number of primary sulfonamides is 1. The van der Waals surface area contributed by atoms with Crippen molar-refractivity contribution in [2.75, 3.05) is 5.32 Å². The lowest BCUT2D eigenvalue weighted by Gasteiger charge is -2.05. The molecule has 0 aliphatic carbocycles. The summed E-state index contributed by atoms with van der Waals surface area (Å²) in [4.78, 5) is 16.5. The maximum absolute atomic E-state index is 12.2. The highest BCUT2D eigenvalue weighted by Gasteiger charge is 2.11. The molecule has 26 heavy (non-hydrogen) atoms. The predicted molar refractivity (Wildman–Crippen MR) is 101 cm³/mol. The Labute approximate surface area is 154 Å². The highest BCUT2D eigenvalue weighted by atomic mass is 32.2. The molecule has 1 amide bonds. The largest absolute Gasteiger partial charge is 0.347 e. The second-order valence-corrected chi connectivity index (χ2v) is 7.82. The Morgan fingerprint density at radius 1 is 1.08 bits per heavy atom. The summed E-state index contributed by atoms with van der Waals surface area (Å²) in [5.41, 5.74) is 1.96. The van der Waals surface area contributed by atoms with Gasteiger partial charge in [0.1, 0.15) is 5.69 Å². The van der Waals surface area contributed by atoms with Gasteiger partial charge >= 0.3 is 0 Å². The third-order valence-corrected chi connectivity index (χ3v) is 5.15. The number of carbonyl (C=O) groups excluding carboxylic acids is 1. The average molecular weight is 388 g/mol. The average Bonchev–Trinajstić information content (AvgIpc) is 3.09. The van der Waals surface area contributed by atoms with Crippen LogP contribution in [0.5, 0.6) is 0 Å². The molecule has 0 saturated heterocycles. The van der Waals surface area contributed by atoms with Crippen LogP contribution in [0.4, 0.5) is 10.8 Å². The maximum Gasteiger partial charge on any atom is 0.271 e. The lowest BCUT2D eigenvalue weighted by Crippen LogP contribution is -2.23. The number of anilines is 2. The van der Waals surface area contributed by atoms with E-state index in [2.05, 4.69) is 15.6 Å². The van der Waals surface area contributed by atoms with Crippen molar-refractivity contribution in [3.05, 3.63) is 71.2 Å². The Kier molecular flexibility index (Phi) is 5.31. The van der Waals surface area contributed by atoms with Crippen molar-refractivity contribution < 1.29 is 13.2 Å². The number of rotatable bonds is 6. The molecule has 7 nitrogen and oxygen atoms in total. The number of nitrogens with zero attached hydrogens (tertiary/aromatic N) is 1. The third-order valence-electron chi connectivity index (χ3n) is 3.47. The Bertz CT molecular complexity index is 1000. The van der Waals surface area contributed by atoms with Gasteiger partial charge in [0.25, 0.3) is 5.91 Å². The van der Waals surface area contributed by atoms with E-state index < -0.39 is 10.0 Å². The van der Waals surface area contributed by atoms with Crippen molar-refractivity contribution in [3.63, 3.8) is 0 Å². The quantitative estimate of drug-likeness (QED) is 0.600. The van der Waals surface area contributed by atoms with Gasteiger partial charge in [0.2, 0.25) is 10.0 Å². The van der Waals surface area contributed by atoms with Crippen LogP contribution < -0.4 is 15.8 Å². The molecule has 0 radical (unpaired) electrons. The van der Waals surface area contributed by atoms with E-state index in [4.69, 9.17) is 5.14 Å². The summed E-state index contributed by atoms with van der Waals surface area (Å²) in [5.74, 6) is -0.308. The van der Waals surface area contributed by atoms with Gasteiger partial charge in [-0.3, -0.25) is 4.79 Å². The van der Waals surface area contributed by atoms with E-state index in [0.29, 0.717) is 10.8 Å². The SMILES string of the molecule is NS(=O)(=O)c1ccc(CNC(=O)c2csc(Nc3ccccc3)n2)cc1. The van der Waals surface area contributed by atoms with Gasteiger partial charge in [0.05, 0.1) is 4.90 Å². The number of nitrogens with two attached hydrogens (primary N) is 1. The number of benzene rings is 2. The first-order valence-electron chi connectivity index (χ1n) is 7.59. The van der Waals surface area contributed by atoms with Gasteiger partial charge in [-0.1, -0.05) is 30.3 Å².